The van der Waals surface area contributed by atoms with Gasteiger partial charge in [-0.25, -0.2) is 0 Å². The molecule has 1 aromatic heterocycles. The van der Waals surface area contributed by atoms with Crippen molar-refractivity contribution in [3.8, 4) is 11.4 Å². The number of hydrogen-bond donors (Lipinski definition) is 1. The molecule has 1 heterocycles. The van der Waals surface area contributed by atoms with Crippen LogP contribution < -0.4 is 10.2 Å². The Morgan fingerprint density at radius 2 is 1.73 bits per heavy atom. The summed E-state index contributed by atoms with van der Waals surface area (Å²) in [6, 6.07) is 23.7. The maximum atomic E-state index is 12.5. The molecule has 10 nitrogen and oxygen atoms in total. The highest BCUT2D eigenvalue weighted by molar-refractivity contribution is 8.15. The predicted octanol–water partition coefficient (Wildman–Crippen LogP) is 6.91. The first-order valence-corrected chi connectivity index (χ1v) is 14.3. The van der Waals surface area contributed by atoms with Crippen LogP contribution in [0.4, 0.5) is 11.4 Å². The molecule has 0 unspecified atom stereocenters. The number of hydrazone groups is 1. The van der Waals surface area contributed by atoms with Gasteiger partial charge in [-0.2, -0.15) is 5.10 Å². The molecule has 0 spiro atoms. The summed E-state index contributed by atoms with van der Waals surface area (Å²) in [6.07, 6.45) is 6.41. The third-order valence-corrected chi connectivity index (χ3v) is 7.91. The van der Waals surface area contributed by atoms with Crippen molar-refractivity contribution in [1.82, 2.24) is 14.8 Å². The van der Waals surface area contributed by atoms with Crippen molar-refractivity contribution in [2.24, 2.45) is 5.10 Å². The number of ether oxygens (including phenoxy) is 1. The van der Waals surface area contributed by atoms with E-state index in [4.69, 9.17) is 4.74 Å². The maximum absolute atomic E-state index is 12.5. The highest BCUT2D eigenvalue weighted by Gasteiger charge is 2.20. The second-order valence-corrected chi connectivity index (χ2v) is 10.7. The lowest BCUT2D eigenvalue weighted by Gasteiger charge is -2.22. The Balaban J connectivity index is 1.33. The number of hydrogen-bond acceptors (Lipinski definition) is 9. The zero-order valence-electron chi connectivity index (χ0n) is 22.6. The molecule has 210 valence electrons. The van der Waals surface area contributed by atoms with Crippen molar-refractivity contribution in [1.29, 1.82) is 0 Å². The molecular weight excluding hydrogens is 540 g/mol. The zero-order valence-corrected chi connectivity index (χ0v) is 23.4. The van der Waals surface area contributed by atoms with Crippen LogP contribution in [-0.2, 0) is 11.4 Å². The Bertz CT molecular complexity index is 1520. The van der Waals surface area contributed by atoms with Crippen LogP contribution in [0.25, 0.3) is 5.69 Å². The molecule has 0 radical (unpaired) electrons. The number of carbonyl (C=O) groups excluding carboxylic acids is 1. The number of carbonyl (C=O) groups is 1. The quantitative estimate of drug-likeness (QED) is 0.0717. The second kappa shape index (κ2) is 13.2. The minimum absolute atomic E-state index is 0.0356. The highest BCUT2D eigenvalue weighted by atomic mass is 32.2. The molecule has 1 fully saturated rings. The molecule has 0 aliphatic heterocycles. The normalized spacial score (nSPS) is 14.0. The van der Waals surface area contributed by atoms with E-state index >= 15 is 0 Å². The van der Waals surface area contributed by atoms with Gasteiger partial charge in [0.05, 0.1) is 10.6 Å². The van der Waals surface area contributed by atoms with E-state index in [1.165, 1.54) is 68.9 Å². The molecule has 1 aliphatic carbocycles. The third-order valence-electron chi connectivity index (χ3n) is 6.89. The lowest BCUT2D eigenvalue weighted by atomic mass is 9.84. The summed E-state index contributed by atoms with van der Waals surface area (Å²) in [7, 11) is 0. The number of nitro groups is 1. The first-order valence-electron chi connectivity index (χ1n) is 13.5. The van der Waals surface area contributed by atoms with Crippen molar-refractivity contribution in [3.05, 3.63) is 100 Å². The van der Waals surface area contributed by atoms with Gasteiger partial charge in [0.15, 0.2) is 16.7 Å². The Morgan fingerprint density at radius 3 is 2.39 bits per heavy atom. The molecule has 0 bridgehead atoms. The number of nitrogens with one attached hydrogen (secondary N) is 1. The van der Waals surface area contributed by atoms with E-state index in [1.807, 2.05) is 47.0 Å². The number of thioether (sulfide) groups is 1. The summed E-state index contributed by atoms with van der Waals surface area (Å²) in [5.74, 6) is 1.68. The molecule has 11 heteroatoms. The summed E-state index contributed by atoms with van der Waals surface area (Å²) in [5, 5.41) is 24.5. The number of ketones is 1. The Hall–Kier alpha value is -4.51. The number of anilines is 1. The van der Waals surface area contributed by atoms with Crippen LogP contribution in [0.2, 0.25) is 0 Å². The van der Waals surface area contributed by atoms with Gasteiger partial charge < -0.3 is 4.74 Å². The fraction of sp³-hybridized carbons (Fsp3) is 0.267. The van der Waals surface area contributed by atoms with Gasteiger partial charge in [0.2, 0.25) is 5.16 Å². The first-order chi connectivity index (χ1) is 20.0. The summed E-state index contributed by atoms with van der Waals surface area (Å²) in [6.45, 7) is 1.59. The summed E-state index contributed by atoms with van der Waals surface area (Å²) in [5.41, 5.74) is 5.44. The van der Waals surface area contributed by atoms with Gasteiger partial charge in [0, 0.05) is 24.7 Å². The monoisotopic (exact) mass is 570 g/mol. The topological polar surface area (TPSA) is 125 Å². The first kappa shape index (κ1) is 28.0. The molecule has 3 aromatic carbocycles. The zero-order chi connectivity index (χ0) is 28.6. The lowest BCUT2D eigenvalue weighted by Crippen LogP contribution is -2.11. The van der Waals surface area contributed by atoms with E-state index in [0.717, 1.165) is 23.2 Å². The van der Waals surface area contributed by atoms with Gasteiger partial charge in [-0.05, 0) is 72.5 Å². The minimum atomic E-state index is -0.478. The molecule has 5 rings (SSSR count). The van der Waals surface area contributed by atoms with Crippen molar-refractivity contribution in [2.45, 2.75) is 56.7 Å². The van der Waals surface area contributed by atoms with Crippen LogP contribution in [0.3, 0.4) is 0 Å². The van der Waals surface area contributed by atoms with E-state index in [2.05, 4.69) is 32.9 Å². The maximum Gasteiger partial charge on any atom is 0.269 e. The van der Waals surface area contributed by atoms with Gasteiger partial charge in [0.25, 0.3) is 5.69 Å². The van der Waals surface area contributed by atoms with Crippen LogP contribution in [0.15, 0.2) is 89.1 Å². The number of nitrogens with zero attached hydrogens (tertiary/aromatic N) is 5. The average Bonchev–Trinajstić information content (AvgIpc) is 3.41. The average molecular weight is 571 g/mol. The fourth-order valence-corrected chi connectivity index (χ4v) is 5.54. The number of aromatic nitrogens is 3. The van der Waals surface area contributed by atoms with Crippen LogP contribution >= 0.6 is 11.8 Å². The highest BCUT2D eigenvalue weighted by Crippen LogP contribution is 2.33. The molecular formula is C30H30N6O4S. The molecule has 0 saturated heterocycles. The third kappa shape index (κ3) is 7.17. The minimum Gasteiger partial charge on any atom is -0.486 e. The van der Waals surface area contributed by atoms with E-state index in [1.54, 1.807) is 0 Å². The summed E-state index contributed by atoms with van der Waals surface area (Å²) < 4.78 is 7.94. The van der Waals surface area contributed by atoms with Crippen molar-refractivity contribution in [3.63, 3.8) is 0 Å². The number of para-hydroxylation sites is 1. The molecule has 0 amide bonds. The molecule has 0 atom stereocenters. The van der Waals surface area contributed by atoms with Gasteiger partial charge in [0.1, 0.15) is 12.4 Å². The number of rotatable bonds is 10. The number of benzene rings is 3. The van der Waals surface area contributed by atoms with E-state index in [9.17, 15) is 14.9 Å². The molecule has 4 aromatic rings. The van der Waals surface area contributed by atoms with Gasteiger partial charge in [-0.3, -0.25) is 24.9 Å². The molecule has 41 heavy (non-hydrogen) atoms. The van der Waals surface area contributed by atoms with Gasteiger partial charge in [-0.15, -0.1) is 10.2 Å². The second-order valence-electron chi connectivity index (χ2n) is 9.75. The van der Waals surface area contributed by atoms with Crippen LogP contribution in [0.1, 0.15) is 56.3 Å². The Kier molecular flexibility index (Phi) is 9.05. The van der Waals surface area contributed by atoms with Crippen molar-refractivity contribution >= 4 is 34.0 Å². The number of nitro benzene ring substituents is 1. The number of non-ortho nitro benzene ring substituents is 1. The molecule has 1 N–H and O–H groups in total. The van der Waals surface area contributed by atoms with Crippen molar-refractivity contribution in [2.75, 3.05) is 5.43 Å². The smallest absolute Gasteiger partial charge is 0.269 e. The Labute approximate surface area is 242 Å². The van der Waals surface area contributed by atoms with Gasteiger partial charge in [-0.1, -0.05) is 49.6 Å². The summed E-state index contributed by atoms with van der Waals surface area (Å²) >= 11 is 1.07. The molecule has 1 saturated carbocycles. The van der Waals surface area contributed by atoms with Gasteiger partial charge >= 0.3 is 0 Å². The molecule has 1 aliphatic rings. The predicted molar refractivity (Wildman–Crippen MR) is 159 cm³/mol. The van der Waals surface area contributed by atoms with E-state index < -0.39 is 4.92 Å². The standard InChI is InChI=1S/C30H30N6O4S/c1-21(37)29(33-31-24-14-16-26(17-15-24)36(38)39)41-30-34-32-28(35(30)25-10-6-3-7-11-25)20-40-27-18-12-23(13-19-27)22-8-4-2-5-9-22/h3,6-7,10-19,22,31H,2,4-5,8-9,20H2,1H3/b33-29-. The van der Waals surface area contributed by atoms with E-state index in [0.29, 0.717) is 22.6 Å². The largest absolute Gasteiger partial charge is 0.486 e. The fourth-order valence-electron chi connectivity index (χ4n) is 4.75. The van der Waals surface area contributed by atoms with Crippen LogP contribution in [0.5, 0.6) is 5.75 Å². The Morgan fingerprint density at radius 1 is 1.02 bits per heavy atom. The SMILES string of the molecule is CC(=O)/C(=N/Nc1ccc([N+](=O)[O-])cc1)Sc1nnc(COc2ccc(C3CCCCC3)cc2)n1-c1ccccc1. The summed E-state index contributed by atoms with van der Waals surface area (Å²) in [4.78, 5) is 22.9. The lowest BCUT2D eigenvalue weighted by molar-refractivity contribution is -0.384. The van der Waals surface area contributed by atoms with Crippen LogP contribution in [-0.4, -0.2) is 30.5 Å². The number of Topliss-reactive ketones (excluding diaryl/α,β-unsaturated/α-hetero) is 1. The van der Waals surface area contributed by atoms with Crippen LogP contribution in [0, 0.1) is 10.1 Å². The van der Waals surface area contributed by atoms with Crippen molar-refractivity contribution < 1.29 is 14.5 Å². The van der Waals surface area contributed by atoms with E-state index in [-0.39, 0.29) is 23.1 Å².